The summed E-state index contributed by atoms with van der Waals surface area (Å²) in [5.41, 5.74) is 1.38. The van der Waals surface area contributed by atoms with Gasteiger partial charge in [-0.25, -0.2) is 0 Å². The lowest BCUT2D eigenvalue weighted by molar-refractivity contribution is 0.0960. The van der Waals surface area contributed by atoms with Crippen LogP contribution in [0.4, 0.5) is 0 Å². The van der Waals surface area contributed by atoms with Crippen LogP contribution in [0.3, 0.4) is 0 Å². The van der Waals surface area contributed by atoms with E-state index in [9.17, 15) is 9.00 Å². The van der Waals surface area contributed by atoms with Gasteiger partial charge in [0, 0.05) is 7.05 Å². The maximum absolute atomic E-state index is 12.5. The van der Waals surface area contributed by atoms with E-state index in [0.29, 0.717) is 16.2 Å². The summed E-state index contributed by atoms with van der Waals surface area (Å²) in [5, 5.41) is 2.57. The highest BCUT2D eigenvalue weighted by Crippen LogP contribution is 2.19. The summed E-state index contributed by atoms with van der Waals surface area (Å²) < 4.78 is 17.6. The Balaban J connectivity index is 2.22. The molecule has 0 fully saturated rings. The van der Waals surface area contributed by atoms with Gasteiger partial charge in [0.2, 0.25) is 0 Å². The summed E-state index contributed by atoms with van der Waals surface area (Å²) in [4.78, 5) is 12.4. The number of hydrogen-bond donors (Lipinski definition) is 1. The third kappa shape index (κ3) is 3.70. The van der Waals surface area contributed by atoms with Crippen LogP contribution >= 0.6 is 0 Å². The molecule has 1 amide bonds. The zero-order chi connectivity index (χ0) is 15.2. The van der Waals surface area contributed by atoms with Crippen molar-refractivity contribution in [1.82, 2.24) is 5.32 Å². The molecule has 110 valence electrons. The molecule has 0 aliphatic carbocycles. The molecule has 4 nitrogen and oxygen atoms in total. The largest absolute Gasteiger partial charge is 0.497 e. The van der Waals surface area contributed by atoms with E-state index in [1.54, 1.807) is 38.4 Å². The molecule has 0 bridgehead atoms. The van der Waals surface area contributed by atoms with Crippen LogP contribution in [-0.2, 0) is 16.6 Å². The molecular weight excluding hydrogens is 286 g/mol. The van der Waals surface area contributed by atoms with Crippen molar-refractivity contribution in [2.24, 2.45) is 0 Å². The van der Waals surface area contributed by atoms with Crippen molar-refractivity contribution >= 4 is 16.7 Å². The second-order valence-corrected chi connectivity index (χ2v) is 5.83. The van der Waals surface area contributed by atoms with Crippen molar-refractivity contribution in [3.8, 4) is 5.75 Å². The van der Waals surface area contributed by atoms with Crippen LogP contribution in [0.15, 0.2) is 53.4 Å². The van der Waals surface area contributed by atoms with Crippen molar-refractivity contribution in [2.75, 3.05) is 14.2 Å². The average Bonchev–Trinajstić information content (AvgIpc) is 2.54. The van der Waals surface area contributed by atoms with Gasteiger partial charge in [-0.15, -0.1) is 0 Å². The Labute approximate surface area is 126 Å². The maximum atomic E-state index is 12.5. The topological polar surface area (TPSA) is 55.4 Å². The summed E-state index contributed by atoms with van der Waals surface area (Å²) in [6.07, 6.45) is 0. The maximum Gasteiger partial charge on any atom is 0.252 e. The van der Waals surface area contributed by atoms with Crippen LogP contribution < -0.4 is 10.1 Å². The first-order chi connectivity index (χ1) is 10.2. The predicted molar refractivity (Wildman–Crippen MR) is 82.9 cm³/mol. The van der Waals surface area contributed by atoms with Crippen molar-refractivity contribution in [3.05, 3.63) is 59.7 Å². The standard InChI is InChI=1S/C16H17NO3S/c1-17-16(18)14-5-3-4-6-15(14)21(19)11-12-7-9-13(20-2)10-8-12/h3-10H,11H2,1-2H3,(H,17,18). The zero-order valence-corrected chi connectivity index (χ0v) is 12.8. The Bertz CT molecular complexity index is 653. The molecule has 1 atom stereocenters. The summed E-state index contributed by atoms with van der Waals surface area (Å²) in [7, 11) is 1.89. The molecule has 0 radical (unpaired) electrons. The SMILES string of the molecule is CNC(=O)c1ccccc1S(=O)Cc1ccc(OC)cc1. The number of carbonyl (C=O) groups is 1. The third-order valence-electron chi connectivity index (χ3n) is 3.06. The zero-order valence-electron chi connectivity index (χ0n) is 12.0. The molecule has 1 unspecified atom stereocenters. The normalized spacial score (nSPS) is 11.7. The van der Waals surface area contributed by atoms with E-state index in [0.717, 1.165) is 11.3 Å². The van der Waals surface area contributed by atoms with Gasteiger partial charge in [0.25, 0.3) is 5.91 Å². The van der Waals surface area contributed by atoms with Gasteiger partial charge in [0.15, 0.2) is 0 Å². The summed E-state index contributed by atoms with van der Waals surface area (Å²) >= 11 is 0. The van der Waals surface area contributed by atoms with Crippen LogP contribution in [0.1, 0.15) is 15.9 Å². The number of methoxy groups -OCH3 is 1. The number of amides is 1. The fourth-order valence-electron chi connectivity index (χ4n) is 1.94. The quantitative estimate of drug-likeness (QED) is 0.922. The molecule has 2 aromatic rings. The molecule has 2 rings (SSSR count). The number of ether oxygens (including phenoxy) is 1. The Morgan fingerprint density at radius 2 is 1.81 bits per heavy atom. The van der Waals surface area contributed by atoms with Gasteiger partial charge in [-0.05, 0) is 29.8 Å². The van der Waals surface area contributed by atoms with E-state index in [2.05, 4.69) is 5.32 Å². The van der Waals surface area contributed by atoms with E-state index >= 15 is 0 Å². The lowest BCUT2D eigenvalue weighted by Crippen LogP contribution is -2.20. The number of nitrogens with one attached hydrogen (secondary N) is 1. The van der Waals surface area contributed by atoms with Crippen molar-refractivity contribution in [1.29, 1.82) is 0 Å². The van der Waals surface area contributed by atoms with E-state index in [1.165, 1.54) is 0 Å². The first kappa shape index (κ1) is 15.3. The van der Waals surface area contributed by atoms with Gasteiger partial charge in [0.1, 0.15) is 5.75 Å². The fraction of sp³-hybridized carbons (Fsp3) is 0.188. The first-order valence-electron chi connectivity index (χ1n) is 6.48. The minimum absolute atomic E-state index is 0.228. The van der Waals surface area contributed by atoms with Gasteiger partial charge >= 0.3 is 0 Å². The summed E-state index contributed by atoms with van der Waals surface area (Å²) in [6.45, 7) is 0. The van der Waals surface area contributed by atoms with Gasteiger partial charge in [-0.2, -0.15) is 0 Å². The molecule has 0 aliphatic rings. The average molecular weight is 303 g/mol. The minimum atomic E-state index is -1.28. The number of hydrogen-bond acceptors (Lipinski definition) is 3. The van der Waals surface area contributed by atoms with Crippen LogP contribution in [0, 0.1) is 0 Å². The second kappa shape index (κ2) is 7.04. The highest BCUT2D eigenvalue weighted by atomic mass is 32.2. The fourth-order valence-corrected chi connectivity index (χ4v) is 3.23. The lowest BCUT2D eigenvalue weighted by Gasteiger charge is -2.08. The Morgan fingerprint density at radius 1 is 1.14 bits per heavy atom. The Kier molecular flexibility index (Phi) is 5.11. The van der Waals surface area contributed by atoms with Gasteiger partial charge in [-0.3, -0.25) is 9.00 Å². The third-order valence-corrected chi connectivity index (χ3v) is 4.50. The van der Waals surface area contributed by atoms with E-state index in [4.69, 9.17) is 4.74 Å². The highest BCUT2D eigenvalue weighted by molar-refractivity contribution is 7.84. The van der Waals surface area contributed by atoms with Crippen LogP contribution in [0.5, 0.6) is 5.75 Å². The molecule has 21 heavy (non-hydrogen) atoms. The number of carbonyl (C=O) groups excluding carboxylic acids is 1. The molecular formula is C16H17NO3S. The van der Waals surface area contributed by atoms with E-state index < -0.39 is 10.8 Å². The molecule has 0 saturated carbocycles. The predicted octanol–water partition coefficient (Wildman–Crippen LogP) is 2.36. The molecule has 1 N–H and O–H groups in total. The smallest absolute Gasteiger partial charge is 0.252 e. The van der Waals surface area contributed by atoms with Gasteiger partial charge in [-0.1, -0.05) is 24.3 Å². The van der Waals surface area contributed by atoms with Crippen molar-refractivity contribution in [2.45, 2.75) is 10.6 Å². The van der Waals surface area contributed by atoms with Crippen molar-refractivity contribution < 1.29 is 13.7 Å². The molecule has 0 spiro atoms. The molecule has 0 aliphatic heterocycles. The highest BCUT2D eigenvalue weighted by Gasteiger charge is 2.14. The second-order valence-electron chi connectivity index (χ2n) is 4.41. The summed E-state index contributed by atoms with van der Waals surface area (Å²) in [6, 6.07) is 14.4. The van der Waals surface area contributed by atoms with Crippen LogP contribution in [0.25, 0.3) is 0 Å². The molecule has 2 aromatic carbocycles. The molecule has 5 heteroatoms. The van der Waals surface area contributed by atoms with E-state index in [-0.39, 0.29) is 5.91 Å². The minimum Gasteiger partial charge on any atom is -0.497 e. The van der Waals surface area contributed by atoms with Crippen LogP contribution in [-0.4, -0.2) is 24.3 Å². The molecule has 0 aromatic heterocycles. The van der Waals surface area contributed by atoms with Crippen LogP contribution in [0.2, 0.25) is 0 Å². The number of rotatable bonds is 5. The van der Waals surface area contributed by atoms with Crippen molar-refractivity contribution in [3.63, 3.8) is 0 Å². The van der Waals surface area contributed by atoms with E-state index in [1.807, 2.05) is 24.3 Å². The molecule has 0 saturated heterocycles. The molecule has 0 heterocycles. The monoisotopic (exact) mass is 303 g/mol. The Morgan fingerprint density at radius 3 is 2.43 bits per heavy atom. The van der Waals surface area contributed by atoms with Gasteiger partial charge in [0.05, 0.1) is 34.1 Å². The summed E-state index contributed by atoms with van der Waals surface area (Å²) in [5.74, 6) is 0.891. The Hall–Kier alpha value is -2.14. The first-order valence-corrected chi connectivity index (χ1v) is 7.80. The van der Waals surface area contributed by atoms with Gasteiger partial charge < -0.3 is 10.1 Å². The lowest BCUT2D eigenvalue weighted by atomic mass is 10.2. The number of benzene rings is 2.